The van der Waals surface area contributed by atoms with Crippen molar-refractivity contribution in [3.8, 4) is 28.3 Å². The molecule has 10 nitrogen and oxygen atoms in total. The zero-order chi connectivity index (χ0) is 29.2. The van der Waals surface area contributed by atoms with Crippen LogP contribution in [0.3, 0.4) is 0 Å². The number of rotatable bonds is 5. The van der Waals surface area contributed by atoms with Crippen molar-refractivity contribution in [2.75, 3.05) is 18.0 Å². The van der Waals surface area contributed by atoms with Crippen LogP contribution >= 0.6 is 0 Å². The molecule has 1 aliphatic carbocycles. The molecule has 0 radical (unpaired) electrons. The molecule has 0 bridgehead atoms. The first-order chi connectivity index (χ1) is 20.2. The number of amides is 1. The summed E-state index contributed by atoms with van der Waals surface area (Å²) >= 11 is 0. The van der Waals surface area contributed by atoms with E-state index in [0.29, 0.717) is 24.2 Å². The highest BCUT2D eigenvalue weighted by molar-refractivity contribution is 5.94. The maximum atomic E-state index is 13.3. The molecule has 0 spiro atoms. The second kappa shape index (κ2) is 9.41. The van der Waals surface area contributed by atoms with Gasteiger partial charge in [0, 0.05) is 85.1 Å². The minimum absolute atomic E-state index is 0.120. The number of nitrogens with zero attached hydrogens (tertiary/aromatic N) is 8. The summed E-state index contributed by atoms with van der Waals surface area (Å²) in [5.74, 6) is 0.185. The molecular weight excluding hydrogens is 547 g/mol. The van der Waals surface area contributed by atoms with E-state index in [1.54, 1.807) is 21.6 Å². The van der Waals surface area contributed by atoms with Gasteiger partial charge in [-0.3, -0.25) is 14.5 Å². The van der Waals surface area contributed by atoms with Gasteiger partial charge in [0.1, 0.15) is 17.6 Å². The Morgan fingerprint density at radius 1 is 1.02 bits per heavy atom. The first kappa shape index (κ1) is 25.7. The molecule has 13 heteroatoms. The van der Waals surface area contributed by atoms with Crippen molar-refractivity contribution >= 4 is 17.2 Å². The smallest absolute Gasteiger partial charge is 0.356 e. The summed E-state index contributed by atoms with van der Waals surface area (Å²) in [4.78, 5) is 23.1. The van der Waals surface area contributed by atoms with Gasteiger partial charge >= 0.3 is 6.18 Å². The van der Waals surface area contributed by atoms with E-state index in [0.717, 1.165) is 34.1 Å². The lowest BCUT2D eigenvalue weighted by atomic mass is 10.0. The Morgan fingerprint density at radius 2 is 1.83 bits per heavy atom. The number of hydrogen-bond donors (Lipinski definition) is 1. The third kappa shape index (κ3) is 4.32. The molecule has 42 heavy (non-hydrogen) atoms. The lowest BCUT2D eigenvalue weighted by Gasteiger charge is -2.21. The number of aromatic nitrogens is 6. The van der Waals surface area contributed by atoms with Crippen LogP contribution in [0.25, 0.3) is 27.8 Å². The first-order valence-corrected chi connectivity index (χ1v) is 13.2. The Bertz CT molecular complexity index is 1880. The number of carbonyl (C=O) groups is 1. The molecule has 1 saturated heterocycles. The molecule has 210 valence electrons. The molecular formula is C29H22F3N9O. The zero-order valence-corrected chi connectivity index (χ0v) is 22.1. The van der Waals surface area contributed by atoms with Crippen molar-refractivity contribution in [2.45, 2.75) is 12.2 Å². The minimum atomic E-state index is -4.66. The molecule has 2 fully saturated rings. The van der Waals surface area contributed by atoms with Crippen molar-refractivity contribution in [3.05, 3.63) is 84.3 Å². The van der Waals surface area contributed by atoms with Gasteiger partial charge in [-0.2, -0.15) is 28.6 Å². The Labute approximate surface area is 237 Å². The Hall–Kier alpha value is -5.25. The number of nitriles is 1. The first-order valence-electron chi connectivity index (χ1n) is 13.2. The fourth-order valence-corrected chi connectivity index (χ4v) is 5.85. The third-order valence-corrected chi connectivity index (χ3v) is 7.97. The number of piperidine rings is 1. The summed E-state index contributed by atoms with van der Waals surface area (Å²) in [7, 11) is 1.84. The SMILES string of the molecule is Cn1cc(-c2cc(-c3ccc(N4C[C@@H]5[C@H](C4)[C@H]5NC(=O)c4ncccc4C(F)(F)F)nc3)c3c(C#N)cnn3c2)cn1. The van der Waals surface area contributed by atoms with Crippen LogP contribution < -0.4 is 10.2 Å². The van der Waals surface area contributed by atoms with Gasteiger partial charge in [0.05, 0.1) is 29.0 Å². The van der Waals surface area contributed by atoms with Crippen molar-refractivity contribution < 1.29 is 18.0 Å². The van der Waals surface area contributed by atoms with E-state index in [2.05, 4.69) is 31.5 Å². The van der Waals surface area contributed by atoms with E-state index in [9.17, 15) is 23.2 Å². The predicted octanol–water partition coefficient (Wildman–Crippen LogP) is 3.95. The Kier molecular flexibility index (Phi) is 5.76. The number of aryl methyl sites for hydroxylation is 1. The molecule has 5 aromatic rings. The zero-order valence-electron chi connectivity index (χ0n) is 22.1. The number of anilines is 1. The third-order valence-electron chi connectivity index (χ3n) is 7.97. The van der Waals surface area contributed by atoms with Crippen molar-refractivity contribution in [1.82, 2.24) is 34.7 Å². The Morgan fingerprint density at radius 3 is 2.50 bits per heavy atom. The molecule has 7 rings (SSSR count). The van der Waals surface area contributed by atoms with Gasteiger partial charge in [0.25, 0.3) is 5.91 Å². The van der Waals surface area contributed by atoms with Crippen molar-refractivity contribution in [3.63, 3.8) is 0 Å². The van der Waals surface area contributed by atoms with Gasteiger partial charge < -0.3 is 10.2 Å². The van der Waals surface area contributed by atoms with Gasteiger partial charge in [-0.15, -0.1) is 0 Å². The number of alkyl halides is 3. The van der Waals surface area contributed by atoms with Crippen LogP contribution in [0.2, 0.25) is 0 Å². The molecule has 6 heterocycles. The number of carbonyl (C=O) groups excluding carboxylic acids is 1. The van der Waals surface area contributed by atoms with E-state index >= 15 is 0 Å². The quantitative estimate of drug-likeness (QED) is 0.341. The highest BCUT2D eigenvalue weighted by Crippen LogP contribution is 2.47. The fraction of sp³-hybridized carbons (Fsp3) is 0.241. The van der Waals surface area contributed by atoms with Gasteiger partial charge in [0.2, 0.25) is 0 Å². The maximum absolute atomic E-state index is 13.3. The van der Waals surface area contributed by atoms with Crippen LogP contribution in [0.4, 0.5) is 19.0 Å². The average molecular weight is 570 g/mol. The normalized spacial score (nSPS) is 19.5. The summed E-state index contributed by atoms with van der Waals surface area (Å²) in [6.07, 6.45) is 5.36. The fourth-order valence-electron chi connectivity index (χ4n) is 5.85. The van der Waals surface area contributed by atoms with Crippen LogP contribution in [0.5, 0.6) is 0 Å². The van der Waals surface area contributed by atoms with Crippen molar-refractivity contribution in [2.24, 2.45) is 18.9 Å². The van der Waals surface area contributed by atoms with Crippen LogP contribution in [0.1, 0.15) is 21.6 Å². The average Bonchev–Trinajstić information content (AvgIpc) is 3.44. The van der Waals surface area contributed by atoms with Crippen LogP contribution in [-0.2, 0) is 13.2 Å². The molecule has 0 aromatic carbocycles. The maximum Gasteiger partial charge on any atom is 0.418 e. The van der Waals surface area contributed by atoms with E-state index < -0.39 is 23.3 Å². The van der Waals surface area contributed by atoms with Gasteiger partial charge in [0.15, 0.2) is 0 Å². The summed E-state index contributed by atoms with van der Waals surface area (Å²) in [6, 6.07) is 9.89. The second-order valence-corrected chi connectivity index (χ2v) is 10.5. The molecule has 3 atom stereocenters. The number of halogens is 3. The molecule has 1 saturated carbocycles. The minimum Gasteiger partial charge on any atom is -0.356 e. The molecule has 1 amide bonds. The monoisotopic (exact) mass is 569 g/mol. The van der Waals surface area contributed by atoms with Crippen LogP contribution in [-0.4, -0.2) is 54.4 Å². The molecule has 1 aliphatic heterocycles. The highest BCUT2D eigenvalue weighted by atomic mass is 19.4. The standard InChI is InChI=1S/C29H22F3N9O/c1-39-12-19(11-36-39)17-7-20(27-18(8-33)10-37-41(27)13-17)16-4-5-24(35-9-16)40-14-21-22(15-40)25(21)38-28(42)26-23(29(30,31)32)3-2-6-34-26/h2-7,9-13,21-22,25H,14-15H2,1H3,(H,38,42)/t21-,22+,25+. The number of pyridine rings is 3. The number of fused-ring (bicyclic) bond motifs is 2. The topological polar surface area (TPSA) is 117 Å². The second-order valence-electron chi connectivity index (χ2n) is 10.5. The largest absolute Gasteiger partial charge is 0.418 e. The van der Waals surface area contributed by atoms with Crippen LogP contribution in [0, 0.1) is 23.2 Å². The predicted molar refractivity (Wildman–Crippen MR) is 145 cm³/mol. The van der Waals surface area contributed by atoms with Gasteiger partial charge in [-0.05, 0) is 30.3 Å². The Balaban J connectivity index is 1.08. The van der Waals surface area contributed by atoms with Crippen molar-refractivity contribution in [1.29, 1.82) is 5.26 Å². The van der Waals surface area contributed by atoms with Gasteiger partial charge in [-0.1, -0.05) is 0 Å². The summed E-state index contributed by atoms with van der Waals surface area (Å²) in [5, 5.41) is 21.0. The molecule has 5 aromatic heterocycles. The van der Waals surface area contributed by atoms with E-state index in [1.165, 1.54) is 18.5 Å². The lowest BCUT2D eigenvalue weighted by Crippen LogP contribution is -2.36. The summed E-state index contributed by atoms with van der Waals surface area (Å²) < 4.78 is 43.3. The van der Waals surface area contributed by atoms with Crippen LogP contribution in [0.15, 0.2) is 67.5 Å². The molecule has 2 aliphatic rings. The van der Waals surface area contributed by atoms with E-state index in [4.69, 9.17) is 4.98 Å². The van der Waals surface area contributed by atoms with E-state index in [-0.39, 0.29) is 17.9 Å². The highest BCUT2D eigenvalue weighted by Gasteiger charge is 2.57. The summed E-state index contributed by atoms with van der Waals surface area (Å²) in [6.45, 7) is 1.25. The van der Waals surface area contributed by atoms with E-state index in [1.807, 2.05) is 37.6 Å². The molecule has 1 N–H and O–H groups in total. The number of nitrogens with one attached hydrogen (secondary N) is 1. The lowest BCUT2D eigenvalue weighted by molar-refractivity contribution is -0.138. The summed E-state index contributed by atoms with van der Waals surface area (Å²) in [5.41, 5.74) is 2.91. The number of hydrogen-bond acceptors (Lipinski definition) is 7. The van der Waals surface area contributed by atoms with Gasteiger partial charge in [-0.25, -0.2) is 9.50 Å². The molecule has 0 unspecified atom stereocenters.